The van der Waals surface area contributed by atoms with E-state index in [0.29, 0.717) is 5.75 Å². The number of halogens is 1. The third-order valence-electron chi connectivity index (χ3n) is 3.28. The molecule has 0 amide bonds. The average molecular weight is 252 g/mol. The Kier molecular flexibility index (Phi) is 4.18. The number of hydrogen-bond acceptors (Lipinski definition) is 2. The van der Waals surface area contributed by atoms with E-state index in [1.54, 1.807) is 0 Å². The van der Waals surface area contributed by atoms with Gasteiger partial charge in [0.25, 0.3) is 0 Å². The highest BCUT2D eigenvalue weighted by Crippen LogP contribution is 2.24. The van der Waals surface area contributed by atoms with E-state index in [-0.39, 0.29) is 11.7 Å². The average Bonchev–Trinajstić information content (AvgIpc) is 2.57. The zero-order chi connectivity index (χ0) is 13.0. The van der Waals surface area contributed by atoms with E-state index in [2.05, 4.69) is 0 Å². The van der Waals surface area contributed by atoms with E-state index in [0.717, 1.165) is 31.7 Å². The van der Waals surface area contributed by atoms with Crippen molar-refractivity contribution in [2.75, 3.05) is 0 Å². The normalized spacial score (nSPS) is 17.2. The fourth-order valence-electron chi connectivity index (χ4n) is 2.29. The predicted octanol–water partition coefficient (Wildman–Crippen LogP) is 3.63. The number of carbonyl (C=O) groups is 1. The number of ether oxygens (including phenoxy) is 1. The minimum Gasteiger partial charge on any atom is -0.490 e. The van der Waals surface area contributed by atoms with Crippen LogP contribution in [0.2, 0.25) is 0 Å². The lowest BCUT2D eigenvalue weighted by Crippen LogP contribution is -2.15. The van der Waals surface area contributed by atoms with E-state index in [1.165, 1.54) is 25.0 Å². The Morgan fingerprint density at radius 3 is 2.44 bits per heavy atom. The van der Waals surface area contributed by atoms with Crippen LogP contribution in [0.3, 0.4) is 0 Å². The van der Waals surface area contributed by atoms with Gasteiger partial charge in [0.05, 0.1) is 11.7 Å². The number of carboxylic acid groups (broad SMARTS) is 1. The van der Waals surface area contributed by atoms with E-state index >= 15 is 0 Å². The molecule has 1 fully saturated rings. The predicted molar refractivity (Wildman–Crippen MR) is 65.5 cm³/mol. The molecule has 1 saturated carbocycles. The number of aromatic carboxylic acids is 1. The Hall–Kier alpha value is -1.58. The van der Waals surface area contributed by atoms with Crippen molar-refractivity contribution in [1.29, 1.82) is 0 Å². The van der Waals surface area contributed by atoms with Crippen LogP contribution < -0.4 is 4.74 Å². The number of rotatable bonds is 3. The molecule has 3 nitrogen and oxygen atoms in total. The van der Waals surface area contributed by atoms with Gasteiger partial charge in [0.15, 0.2) is 0 Å². The van der Waals surface area contributed by atoms with Crippen molar-refractivity contribution in [3.05, 3.63) is 29.6 Å². The fraction of sp³-hybridized carbons (Fsp3) is 0.500. The standard InChI is InChI=1S/C14H17FO3/c15-13-9-11(7-8-12(13)14(16)17)18-10-5-3-1-2-4-6-10/h7-10H,1-6H2,(H,16,17). The summed E-state index contributed by atoms with van der Waals surface area (Å²) in [6.07, 6.45) is 6.84. The molecule has 0 bridgehead atoms. The molecule has 0 aromatic heterocycles. The molecule has 18 heavy (non-hydrogen) atoms. The van der Waals surface area contributed by atoms with Gasteiger partial charge in [-0.15, -0.1) is 0 Å². The van der Waals surface area contributed by atoms with Gasteiger partial charge in [0.2, 0.25) is 0 Å². The monoisotopic (exact) mass is 252 g/mol. The van der Waals surface area contributed by atoms with Crippen LogP contribution in [0.15, 0.2) is 18.2 Å². The third kappa shape index (κ3) is 3.22. The molecule has 0 radical (unpaired) electrons. The lowest BCUT2D eigenvalue weighted by atomic mass is 10.1. The minimum absolute atomic E-state index is 0.127. The summed E-state index contributed by atoms with van der Waals surface area (Å²) in [5, 5.41) is 8.73. The van der Waals surface area contributed by atoms with Crippen LogP contribution in [0.25, 0.3) is 0 Å². The molecular formula is C14H17FO3. The molecule has 0 saturated heterocycles. The van der Waals surface area contributed by atoms with Gasteiger partial charge in [-0.2, -0.15) is 0 Å². The van der Waals surface area contributed by atoms with E-state index in [9.17, 15) is 9.18 Å². The summed E-state index contributed by atoms with van der Waals surface area (Å²) < 4.78 is 19.2. The summed E-state index contributed by atoms with van der Waals surface area (Å²) in [4.78, 5) is 10.7. The molecule has 2 rings (SSSR count). The Morgan fingerprint density at radius 2 is 1.89 bits per heavy atom. The van der Waals surface area contributed by atoms with Crippen molar-refractivity contribution in [2.45, 2.75) is 44.6 Å². The largest absolute Gasteiger partial charge is 0.490 e. The Bertz CT molecular complexity index is 423. The first-order chi connectivity index (χ1) is 8.66. The van der Waals surface area contributed by atoms with Gasteiger partial charge >= 0.3 is 5.97 Å². The molecule has 0 spiro atoms. The van der Waals surface area contributed by atoms with Crippen LogP contribution in [0, 0.1) is 5.82 Å². The molecule has 0 atom stereocenters. The molecule has 0 aliphatic heterocycles. The van der Waals surface area contributed by atoms with Gasteiger partial charge in [-0.1, -0.05) is 12.8 Å². The number of carboxylic acids is 1. The van der Waals surface area contributed by atoms with Crippen molar-refractivity contribution in [1.82, 2.24) is 0 Å². The van der Waals surface area contributed by atoms with Crippen LogP contribution in [0.4, 0.5) is 4.39 Å². The summed E-state index contributed by atoms with van der Waals surface area (Å²) in [6.45, 7) is 0. The van der Waals surface area contributed by atoms with Gasteiger partial charge in [0.1, 0.15) is 11.6 Å². The second-order valence-electron chi connectivity index (χ2n) is 4.68. The molecular weight excluding hydrogens is 235 g/mol. The van der Waals surface area contributed by atoms with Gasteiger partial charge in [-0.05, 0) is 37.8 Å². The molecule has 1 aromatic carbocycles. The second-order valence-corrected chi connectivity index (χ2v) is 4.68. The highest BCUT2D eigenvalue weighted by atomic mass is 19.1. The maximum Gasteiger partial charge on any atom is 0.338 e. The van der Waals surface area contributed by atoms with Crippen molar-refractivity contribution < 1.29 is 19.0 Å². The Morgan fingerprint density at radius 1 is 1.22 bits per heavy atom. The fourth-order valence-corrected chi connectivity index (χ4v) is 2.29. The Balaban J connectivity index is 2.05. The van der Waals surface area contributed by atoms with Gasteiger partial charge in [-0.25, -0.2) is 9.18 Å². The first kappa shape index (κ1) is 12.9. The first-order valence-electron chi connectivity index (χ1n) is 6.36. The zero-order valence-electron chi connectivity index (χ0n) is 10.2. The molecule has 98 valence electrons. The summed E-state index contributed by atoms with van der Waals surface area (Å²) in [6, 6.07) is 3.94. The van der Waals surface area contributed by atoms with Gasteiger partial charge < -0.3 is 9.84 Å². The summed E-state index contributed by atoms with van der Waals surface area (Å²) >= 11 is 0. The molecule has 0 unspecified atom stereocenters. The quantitative estimate of drug-likeness (QED) is 0.836. The van der Waals surface area contributed by atoms with Gasteiger partial charge in [-0.3, -0.25) is 0 Å². The summed E-state index contributed by atoms with van der Waals surface area (Å²) in [7, 11) is 0. The maximum absolute atomic E-state index is 13.5. The lowest BCUT2D eigenvalue weighted by Gasteiger charge is -2.17. The Labute approximate surface area is 106 Å². The number of benzene rings is 1. The zero-order valence-corrected chi connectivity index (χ0v) is 10.2. The van der Waals surface area contributed by atoms with Crippen molar-refractivity contribution in [3.63, 3.8) is 0 Å². The molecule has 1 N–H and O–H groups in total. The molecule has 0 heterocycles. The highest BCUT2D eigenvalue weighted by molar-refractivity contribution is 5.88. The van der Waals surface area contributed by atoms with Crippen LogP contribution in [0.5, 0.6) is 5.75 Å². The van der Waals surface area contributed by atoms with E-state index in [1.807, 2.05) is 0 Å². The lowest BCUT2D eigenvalue weighted by molar-refractivity contribution is 0.0691. The highest BCUT2D eigenvalue weighted by Gasteiger charge is 2.16. The van der Waals surface area contributed by atoms with Gasteiger partial charge in [0, 0.05) is 6.07 Å². The first-order valence-corrected chi connectivity index (χ1v) is 6.36. The van der Waals surface area contributed by atoms with Crippen LogP contribution >= 0.6 is 0 Å². The summed E-state index contributed by atoms with van der Waals surface area (Å²) in [5.74, 6) is -1.58. The topological polar surface area (TPSA) is 46.5 Å². The van der Waals surface area contributed by atoms with Crippen molar-refractivity contribution >= 4 is 5.97 Å². The SMILES string of the molecule is O=C(O)c1ccc(OC2CCCCCC2)cc1F. The minimum atomic E-state index is -1.26. The molecule has 1 aliphatic carbocycles. The van der Waals surface area contributed by atoms with E-state index in [4.69, 9.17) is 9.84 Å². The molecule has 1 aromatic rings. The maximum atomic E-state index is 13.5. The van der Waals surface area contributed by atoms with Crippen molar-refractivity contribution in [3.8, 4) is 5.75 Å². The second kappa shape index (κ2) is 5.85. The van der Waals surface area contributed by atoms with Crippen LogP contribution in [0.1, 0.15) is 48.9 Å². The molecule has 4 heteroatoms. The number of hydrogen-bond donors (Lipinski definition) is 1. The third-order valence-corrected chi connectivity index (χ3v) is 3.28. The molecule has 1 aliphatic rings. The smallest absolute Gasteiger partial charge is 0.338 e. The van der Waals surface area contributed by atoms with Crippen LogP contribution in [-0.4, -0.2) is 17.2 Å². The van der Waals surface area contributed by atoms with E-state index < -0.39 is 11.8 Å². The van der Waals surface area contributed by atoms with Crippen molar-refractivity contribution in [2.24, 2.45) is 0 Å². The van der Waals surface area contributed by atoms with Crippen LogP contribution in [-0.2, 0) is 0 Å². The summed E-state index contributed by atoms with van der Waals surface area (Å²) in [5.41, 5.74) is -0.316.